The molecule has 0 aliphatic carbocycles. The minimum absolute atomic E-state index is 0.0725. The van der Waals surface area contributed by atoms with Crippen LogP contribution in [0.5, 0.6) is 0 Å². The van der Waals surface area contributed by atoms with Gasteiger partial charge in [-0.05, 0) is 26.0 Å². The van der Waals surface area contributed by atoms with Crippen molar-refractivity contribution in [3.05, 3.63) is 29.8 Å². The molecule has 0 aliphatic heterocycles. The normalized spacial score (nSPS) is 12.1. The largest absolute Gasteiger partial charge is 0.465 e. The molecule has 4 heteroatoms. The maximum absolute atomic E-state index is 11.7. The zero-order chi connectivity index (χ0) is 11.3. The van der Waals surface area contributed by atoms with E-state index in [0.29, 0.717) is 11.5 Å². The zero-order valence-corrected chi connectivity index (χ0v) is 9.67. The third-order valence-electron chi connectivity index (χ3n) is 1.84. The summed E-state index contributed by atoms with van der Waals surface area (Å²) >= 11 is 0. The molecule has 0 radical (unpaired) electrons. The summed E-state index contributed by atoms with van der Waals surface area (Å²) in [6.07, 6.45) is 0. The lowest BCUT2D eigenvalue weighted by molar-refractivity contribution is -0.139. The van der Waals surface area contributed by atoms with Gasteiger partial charge in [0.1, 0.15) is 5.75 Å². The van der Waals surface area contributed by atoms with Crippen molar-refractivity contribution in [3.8, 4) is 0 Å². The Hall–Kier alpha value is -1.16. The van der Waals surface area contributed by atoms with Gasteiger partial charge in [0.25, 0.3) is 0 Å². The van der Waals surface area contributed by atoms with Crippen molar-refractivity contribution in [2.24, 2.45) is 0 Å². The molecule has 0 aromatic heterocycles. The Kier molecular flexibility index (Phi) is 4.49. The average molecular weight is 226 g/mol. The molecule has 0 saturated heterocycles. The number of hydrogen-bond acceptors (Lipinski definition) is 3. The molecule has 1 aromatic carbocycles. The molecule has 0 fully saturated rings. The fourth-order valence-electron chi connectivity index (χ4n) is 1.08. The van der Waals surface area contributed by atoms with Crippen LogP contribution in [0.3, 0.4) is 0 Å². The number of ether oxygens (including phenoxy) is 1. The molecule has 1 atom stereocenters. The minimum Gasteiger partial charge on any atom is -0.465 e. The molecule has 0 bridgehead atoms. The molecular weight excluding hydrogens is 212 g/mol. The lowest BCUT2D eigenvalue weighted by Crippen LogP contribution is -2.13. The summed E-state index contributed by atoms with van der Waals surface area (Å²) in [6, 6.07) is 7.28. The van der Waals surface area contributed by atoms with Crippen molar-refractivity contribution < 1.29 is 13.7 Å². The predicted molar refractivity (Wildman–Crippen MR) is 59.1 cm³/mol. The van der Waals surface area contributed by atoms with Crippen LogP contribution in [-0.2, 0) is 20.3 Å². The van der Waals surface area contributed by atoms with Crippen LogP contribution in [-0.4, -0.2) is 22.5 Å². The van der Waals surface area contributed by atoms with E-state index >= 15 is 0 Å². The van der Waals surface area contributed by atoms with E-state index < -0.39 is 16.8 Å². The van der Waals surface area contributed by atoms with Crippen molar-refractivity contribution in [1.82, 2.24) is 0 Å². The van der Waals surface area contributed by atoms with Gasteiger partial charge in [-0.1, -0.05) is 17.7 Å². The van der Waals surface area contributed by atoms with Crippen LogP contribution in [0.4, 0.5) is 0 Å². The predicted octanol–water partition coefficient (Wildman–Crippen LogP) is 1.67. The molecule has 0 amide bonds. The number of benzene rings is 1. The number of carbonyl (C=O) groups excluding carboxylic acids is 1. The number of esters is 1. The highest BCUT2D eigenvalue weighted by Crippen LogP contribution is 2.08. The second-order valence-corrected chi connectivity index (χ2v) is 4.56. The van der Waals surface area contributed by atoms with E-state index in [4.69, 9.17) is 4.74 Å². The highest BCUT2D eigenvalue weighted by Gasteiger charge is 2.10. The Morgan fingerprint density at radius 2 is 1.93 bits per heavy atom. The molecule has 82 valence electrons. The van der Waals surface area contributed by atoms with E-state index in [9.17, 15) is 9.00 Å². The smallest absolute Gasteiger partial charge is 0.318 e. The van der Waals surface area contributed by atoms with Crippen LogP contribution in [0.25, 0.3) is 0 Å². The summed E-state index contributed by atoms with van der Waals surface area (Å²) in [5.41, 5.74) is 1.10. The number of aryl methyl sites for hydroxylation is 1. The fourth-order valence-corrected chi connectivity index (χ4v) is 1.99. The molecule has 0 aliphatic rings. The minimum atomic E-state index is -1.30. The third-order valence-corrected chi connectivity index (χ3v) is 3.13. The molecule has 0 spiro atoms. The quantitative estimate of drug-likeness (QED) is 0.733. The first kappa shape index (κ1) is 11.9. The van der Waals surface area contributed by atoms with Gasteiger partial charge in [-0.15, -0.1) is 0 Å². The second-order valence-electron chi connectivity index (χ2n) is 3.11. The van der Waals surface area contributed by atoms with Gasteiger partial charge in [0.2, 0.25) is 0 Å². The van der Waals surface area contributed by atoms with Crippen molar-refractivity contribution >= 4 is 16.8 Å². The maximum Gasteiger partial charge on any atom is 0.318 e. The van der Waals surface area contributed by atoms with Crippen LogP contribution in [0.1, 0.15) is 12.5 Å². The van der Waals surface area contributed by atoms with E-state index in [1.54, 1.807) is 19.1 Å². The molecule has 1 rings (SSSR count). The van der Waals surface area contributed by atoms with Gasteiger partial charge < -0.3 is 4.74 Å². The summed E-state index contributed by atoms with van der Waals surface area (Å²) < 4.78 is 16.4. The summed E-state index contributed by atoms with van der Waals surface area (Å²) in [5.74, 6) is -0.493. The lowest BCUT2D eigenvalue weighted by atomic mass is 10.2. The van der Waals surface area contributed by atoms with E-state index in [0.717, 1.165) is 5.56 Å². The van der Waals surface area contributed by atoms with Crippen LogP contribution in [0, 0.1) is 6.92 Å². The number of rotatable bonds is 4. The molecule has 0 N–H and O–H groups in total. The van der Waals surface area contributed by atoms with Gasteiger partial charge in [0.15, 0.2) is 0 Å². The molecule has 0 saturated carbocycles. The second kappa shape index (κ2) is 5.66. The first-order chi connectivity index (χ1) is 7.13. The highest BCUT2D eigenvalue weighted by molar-refractivity contribution is 7.85. The first-order valence-electron chi connectivity index (χ1n) is 4.74. The van der Waals surface area contributed by atoms with Gasteiger partial charge in [0, 0.05) is 4.90 Å². The molecule has 1 aromatic rings. The van der Waals surface area contributed by atoms with Crippen LogP contribution >= 0.6 is 0 Å². The van der Waals surface area contributed by atoms with Crippen molar-refractivity contribution in [3.63, 3.8) is 0 Å². The van der Waals surface area contributed by atoms with Gasteiger partial charge >= 0.3 is 5.97 Å². The van der Waals surface area contributed by atoms with E-state index in [1.165, 1.54) is 0 Å². The summed E-state index contributed by atoms with van der Waals surface area (Å²) in [5, 5.41) is 0. The summed E-state index contributed by atoms with van der Waals surface area (Å²) in [4.78, 5) is 11.7. The summed E-state index contributed by atoms with van der Waals surface area (Å²) in [7, 11) is -1.30. The standard InChI is InChI=1S/C11H14O3S/c1-3-14-11(12)8-15(13)10-6-4-9(2)5-7-10/h4-7H,3,8H2,1-2H3/t15-/m0/s1. The van der Waals surface area contributed by atoms with E-state index in [-0.39, 0.29) is 5.75 Å². The van der Waals surface area contributed by atoms with Gasteiger partial charge in [0.05, 0.1) is 17.4 Å². The van der Waals surface area contributed by atoms with Crippen LogP contribution in [0.2, 0.25) is 0 Å². The topological polar surface area (TPSA) is 43.4 Å². The van der Waals surface area contributed by atoms with Crippen LogP contribution < -0.4 is 0 Å². The lowest BCUT2D eigenvalue weighted by Gasteiger charge is -2.02. The van der Waals surface area contributed by atoms with Crippen molar-refractivity contribution in [2.45, 2.75) is 18.7 Å². The molecule has 0 unspecified atom stereocenters. The number of hydrogen-bond donors (Lipinski definition) is 0. The molecule has 3 nitrogen and oxygen atoms in total. The Labute approximate surface area is 91.9 Å². The van der Waals surface area contributed by atoms with Crippen LogP contribution in [0.15, 0.2) is 29.2 Å². The first-order valence-corrected chi connectivity index (χ1v) is 6.06. The Morgan fingerprint density at radius 1 is 1.33 bits per heavy atom. The molecule has 15 heavy (non-hydrogen) atoms. The fraction of sp³-hybridized carbons (Fsp3) is 0.364. The van der Waals surface area contributed by atoms with E-state index in [1.807, 2.05) is 19.1 Å². The van der Waals surface area contributed by atoms with Crippen molar-refractivity contribution in [2.75, 3.05) is 12.4 Å². The Balaban J connectivity index is 2.61. The summed E-state index contributed by atoms with van der Waals surface area (Å²) in [6.45, 7) is 4.01. The van der Waals surface area contributed by atoms with Crippen molar-refractivity contribution in [1.29, 1.82) is 0 Å². The molecule has 0 heterocycles. The monoisotopic (exact) mass is 226 g/mol. The Bertz CT molecular complexity index is 357. The van der Waals surface area contributed by atoms with E-state index in [2.05, 4.69) is 0 Å². The van der Waals surface area contributed by atoms with Gasteiger partial charge in [-0.3, -0.25) is 9.00 Å². The maximum atomic E-state index is 11.7. The third kappa shape index (κ3) is 3.83. The molecular formula is C11H14O3S. The number of carbonyl (C=O) groups is 1. The SMILES string of the molecule is CCOC(=O)C[S@](=O)c1ccc(C)cc1. The Morgan fingerprint density at radius 3 is 2.47 bits per heavy atom. The van der Waals surface area contributed by atoms with Gasteiger partial charge in [-0.2, -0.15) is 0 Å². The van der Waals surface area contributed by atoms with Gasteiger partial charge in [-0.25, -0.2) is 0 Å². The zero-order valence-electron chi connectivity index (χ0n) is 8.86. The highest BCUT2D eigenvalue weighted by atomic mass is 32.2. The average Bonchev–Trinajstić information content (AvgIpc) is 2.18.